The minimum atomic E-state index is -0.990. The predicted molar refractivity (Wildman–Crippen MR) is 133 cm³/mol. The molecule has 0 saturated carbocycles. The van der Waals surface area contributed by atoms with Crippen LogP contribution < -0.4 is 4.90 Å². The molecule has 1 aromatic carbocycles. The van der Waals surface area contributed by atoms with Crippen LogP contribution in [-0.4, -0.2) is 68.1 Å². The fraction of sp³-hybridized carbons (Fsp3) is 0.560. The fourth-order valence-electron chi connectivity index (χ4n) is 6.09. The van der Waals surface area contributed by atoms with Gasteiger partial charge in [-0.1, -0.05) is 31.5 Å². The number of carboxylic acid groups (broad SMARTS) is 1. The molecule has 2 bridgehead atoms. The minimum absolute atomic E-state index is 0.179. The number of amides is 2. The molecule has 0 aromatic heterocycles. The van der Waals surface area contributed by atoms with E-state index < -0.39 is 34.6 Å². The lowest BCUT2D eigenvalue weighted by atomic mass is 9.71. The van der Waals surface area contributed by atoms with Crippen molar-refractivity contribution in [3.05, 3.63) is 41.9 Å². The highest BCUT2D eigenvalue weighted by Gasteiger charge is 2.74. The number of carbonyl (C=O) groups is 3. The van der Waals surface area contributed by atoms with E-state index in [4.69, 9.17) is 11.6 Å². The quantitative estimate of drug-likeness (QED) is 0.498. The van der Waals surface area contributed by atoms with Crippen LogP contribution in [0.4, 0.5) is 5.69 Å². The number of hydrogen-bond acceptors (Lipinski definition) is 5. The molecule has 9 heteroatoms. The summed E-state index contributed by atoms with van der Waals surface area (Å²) in [4.78, 5) is 43.5. The van der Waals surface area contributed by atoms with Crippen molar-refractivity contribution in [1.82, 2.24) is 4.90 Å². The van der Waals surface area contributed by atoms with E-state index in [1.165, 1.54) is 16.7 Å². The van der Waals surface area contributed by atoms with Gasteiger partial charge in [-0.05, 0) is 49.4 Å². The molecule has 7 nitrogen and oxygen atoms in total. The molecule has 0 radical (unpaired) electrons. The van der Waals surface area contributed by atoms with E-state index in [1.54, 1.807) is 35.2 Å². The molecule has 4 rings (SSSR count). The van der Waals surface area contributed by atoms with E-state index >= 15 is 0 Å². The summed E-state index contributed by atoms with van der Waals surface area (Å²) < 4.78 is -0.821. The first-order valence-electron chi connectivity index (χ1n) is 11.7. The number of anilines is 1. The number of aliphatic carboxylic acids is 1. The molecule has 1 aromatic rings. The van der Waals surface area contributed by atoms with Gasteiger partial charge in [0, 0.05) is 22.5 Å². The zero-order chi connectivity index (χ0) is 24.8. The number of carboxylic acids is 1. The summed E-state index contributed by atoms with van der Waals surface area (Å²) in [6.07, 6.45) is 3.39. The first-order valence-corrected chi connectivity index (χ1v) is 12.9. The Hall–Kier alpha value is -2.03. The lowest BCUT2D eigenvalue weighted by molar-refractivity contribution is -0.149. The number of benzene rings is 1. The Bertz CT molecular complexity index is 986. The van der Waals surface area contributed by atoms with E-state index in [0.29, 0.717) is 30.0 Å². The van der Waals surface area contributed by atoms with Crippen LogP contribution in [0.2, 0.25) is 5.02 Å². The maximum atomic E-state index is 14.3. The standard InChI is InChI=1S/C25H31ClN2O5S/c1-4-11-27(16-7-5-15(26)6-8-16)23(31)21-25-10-9-18(34-25)19(24(32)33)20(25)22(30)28(21)17(13-29)12-14(2)3/h4-8,14,17-21,29H,1,9-13H2,2-3H3,(H,32,33)/t17-,18-,19+,20+,21?,25?/m1/s1. The molecule has 2 unspecified atom stereocenters. The van der Waals surface area contributed by atoms with Crippen LogP contribution in [0.3, 0.4) is 0 Å². The summed E-state index contributed by atoms with van der Waals surface area (Å²) in [6, 6.07) is 5.46. The van der Waals surface area contributed by atoms with Crippen LogP contribution in [0.25, 0.3) is 0 Å². The van der Waals surface area contributed by atoms with Crippen molar-refractivity contribution in [3.63, 3.8) is 0 Å². The Labute approximate surface area is 209 Å². The lowest BCUT2D eigenvalue weighted by Gasteiger charge is -2.40. The number of fused-ring (bicyclic) bond motifs is 1. The van der Waals surface area contributed by atoms with Crippen molar-refractivity contribution < 1.29 is 24.6 Å². The summed E-state index contributed by atoms with van der Waals surface area (Å²) in [7, 11) is 0. The normalized spacial score (nSPS) is 30.5. The molecular formula is C25H31ClN2O5S. The molecule has 2 N–H and O–H groups in total. The van der Waals surface area contributed by atoms with E-state index in [-0.39, 0.29) is 36.1 Å². The number of rotatable bonds is 9. The van der Waals surface area contributed by atoms with E-state index in [2.05, 4.69) is 6.58 Å². The third-order valence-corrected chi connectivity index (χ3v) is 9.52. The second-order valence-electron chi connectivity index (χ2n) is 9.82. The highest BCUT2D eigenvalue weighted by molar-refractivity contribution is 8.02. The molecule has 3 aliphatic rings. The molecule has 2 amide bonds. The van der Waals surface area contributed by atoms with Crippen molar-refractivity contribution in [2.75, 3.05) is 18.1 Å². The monoisotopic (exact) mass is 506 g/mol. The van der Waals surface area contributed by atoms with Crippen LogP contribution in [0, 0.1) is 17.8 Å². The molecular weight excluding hydrogens is 476 g/mol. The molecule has 3 aliphatic heterocycles. The van der Waals surface area contributed by atoms with Gasteiger partial charge in [-0.15, -0.1) is 18.3 Å². The van der Waals surface area contributed by atoms with Crippen molar-refractivity contribution in [2.24, 2.45) is 17.8 Å². The van der Waals surface area contributed by atoms with Gasteiger partial charge in [-0.2, -0.15) is 0 Å². The molecule has 34 heavy (non-hydrogen) atoms. The van der Waals surface area contributed by atoms with E-state index in [1.807, 2.05) is 13.8 Å². The third-order valence-electron chi connectivity index (χ3n) is 7.32. The molecule has 6 atom stereocenters. The van der Waals surface area contributed by atoms with Gasteiger partial charge in [0.05, 0.1) is 29.2 Å². The van der Waals surface area contributed by atoms with Crippen LogP contribution in [0.1, 0.15) is 33.1 Å². The van der Waals surface area contributed by atoms with Crippen LogP contribution in [0.15, 0.2) is 36.9 Å². The maximum absolute atomic E-state index is 14.3. The zero-order valence-corrected chi connectivity index (χ0v) is 21.0. The smallest absolute Gasteiger partial charge is 0.308 e. The Morgan fingerprint density at radius 2 is 2.03 bits per heavy atom. The number of halogens is 1. The number of aliphatic hydroxyl groups excluding tert-OH is 1. The topological polar surface area (TPSA) is 98.2 Å². The number of thioether (sulfide) groups is 1. The third kappa shape index (κ3) is 3.93. The van der Waals surface area contributed by atoms with Crippen LogP contribution >= 0.6 is 23.4 Å². The Morgan fingerprint density at radius 3 is 2.59 bits per heavy atom. The van der Waals surface area contributed by atoms with Gasteiger partial charge in [0.25, 0.3) is 5.91 Å². The van der Waals surface area contributed by atoms with Gasteiger partial charge in [0.2, 0.25) is 5.91 Å². The maximum Gasteiger partial charge on any atom is 0.308 e. The summed E-state index contributed by atoms with van der Waals surface area (Å²) in [5.74, 6) is -3.02. The number of nitrogens with zero attached hydrogens (tertiary/aromatic N) is 2. The van der Waals surface area contributed by atoms with E-state index in [0.717, 1.165) is 0 Å². The highest BCUT2D eigenvalue weighted by atomic mass is 35.5. The summed E-state index contributed by atoms with van der Waals surface area (Å²) >= 11 is 7.55. The van der Waals surface area contributed by atoms with Crippen molar-refractivity contribution in [1.29, 1.82) is 0 Å². The SMILES string of the molecule is C=CCN(C(=O)C1N([C@@H](CO)CC(C)C)C(=O)[C@@H]2[C@@H](C(=O)O)[C@H]3CCC12S3)c1ccc(Cl)cc1. The largest absolute Gasteiger partial charge is 0.481 e. The second kappa shape index (κ2) is 9.55. The number of aliphatic hydroxyl groups is 1. The second-order valence-corrected chi connectivity index (χ2v) is 11.9. The minimum Gasteiger partial charge on any atom is -0.481 e. The van der Waals surface area contributed by atoms with Crippen molar-refractivity contribution in [2.45, 2.75) is 55.2 Å². The number of likely N-dealkylation sites (tertiary alicyclic amines) is 1. The van der Waals surface area contributed by atoms with Gasteiger partial charge < -0.3 is 20.0 Å². The zero-order valence-electron chi connectivity index (χ0n) is 19.4. The van der Waals surface area contributed by atoms with Gasteiger partial charge in [-0.25, -0.2) is 0 Å². The fourth-order valence-corrected chi connectivity index (χ4v) is 8.40. The van der Waals surface area contributed by atoms with E-state index in [9.17, 15) is 24.6 Å². The van der Waals surface area contributed by atoms with Gasteiger partial charge in [0.1, 0.15) is 6.04 Å². The summed E-state index contributed by atoms with van der Waals surface area (Å²) in [6.45, 7) is 7.74. The average Bonchev–Trinajstić information content (AvgIpc) is 3.43. The van der Waals surface area contributed by atoms with Crippen LogP contribution in [0.5, 0.6) is 0 Å². The molecule has 0 aliphatic carbocycles. The van der Waals surface area contributed by atoms with Crippen molar-refractivity contribution in [3.8, 4) is 0 Å². The van der Waals surface area contributed by atoms with Crippen molar-refractivity contribution >= 4 is 46.8 Å². The molecule has 3 heterocycles. The predicted octanol–water partition coefficient (Wildman–Crippen LogP) is 3.44. The van der Waals surface area contributed by atoms with Gasteiger partial charge >= 0.3 is 5.97 Å². The summed E-state index contributed by atoms with van der Waals surface area (Å²) in [5.41, 5.74) is 0.623. The molecule has 184 valence electrons. The molecule has 3 fully saturated rings. The Morgan fingerprint density at radius 1 is 1.35 bits per heavy atom. The first-order chi connectivity index (χ1) is 16.2. The highest BCUT2D eigenvalue weighted by Crippen LogP contribution is 2.66. The Kier molecular flexibility index (Phi) is 7.04. The van der Waals surface area contributed by atoms with Gasteiger partial charge in [-0.3, -0.25) is 14.4 Å². The number of hydrogen-bond donors (Lipinski definition) is 2. The summed E-state index contributed by atoms with van der Waals surface area (Å²) in [5, 5.41) is 20.6. The lowest BCUT2D eigenvalue weighted by Crippen LogP contribution is -2.57. The Balaban J connectivity index is 1.82. The molecule has 3 saturated heterocycles. The average molecular weight is 507 g/mol. The molecule has 1 spiro atoms. The first kappa shape index (κ1) is 25.1. The van der Waals surface area contributed by atoms with Crippen LogP contribution in [-0.2, 0) is 14.4 Å². The van der Waals surface area contributed by atoms with Gasteiger partial charge in [0.15, 0.2) is 0 Å². The number of carbonyl (C=O) groups excluding carboxylic acids is 2.